The van der Waals surface area contributed by atoms with Crippen LogP contribution in [0.3, 0.4) is 0 Å². The average molecular weight is 369 g/mol. The summed E-state index contributed by atoms with van der Waals surface area (Å²) in [5, 5.41) is 14.4. The van der Waals surface area contributed by atoms with Crippen LogP contribution in [0.15, 0.2) is 35.3 Å². The van der Waals surface area contributed by atoms with Gasteiger partial charge in [0, 0.05) is 19.3 Å². The summed E-state index contributed by atoms with van der Waals surface area (Å²) in [5.41, 5.74) is 0.358. The number of carbonyl (C=O) groups excluding carboxylic acids is 2. The van der Waals surface area contributed by atoms with E-state index in [2.05, 4.69) is 15.6 Å². The van der Waals surface area contributed by atoms with Gasteiger partial charge in [-0.25, -0.2) is 4.79 Å². The first-order valence-electron chi connectivity index (χ1n) is 8.50. The van der Waals surface area contributed by atoms with Crippen LogP contribution >= 0.6 is 0 Å². The van der Waals surface area contributed by atoms with Crippen molar-refractivity contribution in [1.29, 1.82) is 0 Å². The Labute approximate surface area is 154 Å². The molecule has 8 heteroatoms. The Kier molecular flexibility index (Phi) is 5.07. The lowest BCUT2D eigenvalue weighted by Gasteiger charge is -2.14. The molecule has 1 aromatic heterocycles. The highest BCUT2D eigenvalue weighted by Gasteiger charge is 2.27. The van der Waals surface area contributed by atoms with Crippen LogP contribution in [0.2, 0.25) is 0 Å². The van der Waals surface area contributed by atoms with E-state index in [0.29, 0.717) is 5.56 Å². The summed E-state index contributed by atoms with van der Waals surface area (Å²) < 4.78 is 0. The number of H-pyrrole nitrogens is 1. The van der Waals surface area contributed by atoms with Gasteiger partial charge >= 0.3 is 5.97 Å². The minimum absolute atomic E-state index is 0.0706. The Morgan fingerprint density at radius 1 is 1.22 bits per heavy atom. The number of carboxylic acid groups (broad SMARTS) is 1. The van der Waals surface area contributed by atoms with Crippen LogP contribution in [0.5, 0.6) is 0 Å². The largest absolute Gasteiger partial charge is 0.478 e. The van der Waals surface area contributed by atoms with E-state index in [1.54, 1.807) is 12.1 Å². The maximum atomic E-state index is 12.6. The maximum absolute atomic E-state index is 12.6. The second-order valence-corrected chi connectivity index (χ2v) is 6.39. The molecule has 0 spiro atoms. The molecule has 2 amide bonds. The van der Waals surface area contributed by atoms with Gasteiger partial charge in [0.2, 0.25) is 0 Å². The van der Waals surface area contributed by atoms with Gasteiger partial charge in [-0.3, -0.25) is 14.4 Å². The zero-order valence-corrected chi connectivity index (χ0v) is 14.7. The summed E-state index contributed by atoms with van der Waals surface area (Å²) in [7, 11) is 1.40. The lowest BCUT2D eigenvalue weighted by molar-refractivity contribution is 0.0696. The fraction of sp³-hybridized carbons (Fsp3) is 0.263. The monoisotopic (exact) mass is 369 g/mol. The Hall–Kier alpha value is -3.42. The zero-order valence-electron chi connectivity index (χ0n) is 14.7. The highest BCUT2D eigenvalue weighted by molar-refractivity contribution is 6.02. The second-order valence-electron chi connectivity index (χ2n) is 6.39. The van der Waals surface area contributed by atoms with Gasteiger partial charge in [0.05, 0.1) is 11.1 Å². The highest BCUT2D eigenvalue weighted by Crippen LogP contribution is 2.22. The van der Waals surface area contributed by atoms with Crippen molar-refractivity contribution in [3.8, 4) is 0 Å². The van der Waals surface area contributed by atoms with E-state index in [9.17, 15) is 19.2 Å². The molecular formula is C19H19N3O5. The summed E-state index contributed by atoms with van der Waals surface area (Å²) in [6.45, 7) is 0. The Bertz CT molecular complexity index is 976. The standard InChI is InChI=1S/C19H19N3O5/c1-20-17(24)15-13(8-10-3-2-4-11(7-10)19(26)27)14(9-21-18(15)25)16(23)22-12-5-6-12/h2-4,7,9,12H,5-6,8H2,1H3,(H,20,24)(H,21,25)(H,22,23)(H,26,27). The van der Waals surface area contributed by atoms with Gasteiger partial charge in [-0.1, -0.05) is 12.1 Å². The fourth-order valence-electron chi connectivity index (χ4n) is 2.83. The number of hydrogen-bond acceptors (Lipinski definition) is 4. The van der Waals surface area contributed by atoms with Crippen LogP contribution in [0.1, 0.15) is 55.0 Å². The van der Waals surface area contributed by atoms with Gasteiger partial charge in [-0.2, -0.15) is 0 Å². The number of amides is 2. The van der Waals surface area contributed by atoms with Crippen LogP contribution < -0.4 is 16.2 Å². The fourth-order valence-corrected chi connectivity index (χ4v) is 2.83. The number of aromatic amines is 1. The second kappa shape index (κ2) is 7.45. The molecular weight excluding hydrogens is 350 g/mol. The number of pyridine rings is 1. The lowest BCUT2D eigenvalue weighted by atomic mass is 9.95. The molecule has 0 aliphatic heterocycles. The molecule has 1 fully saturated rings. The third kappa shape index (κ3) is 4.05. The summed E-state index contributed by atoms with van der Waals surface area (Å²) >= 11 is 0. The minimum atomic E-state index is -1.08. The molecule has 8 nitrogen and oxygen atoms in total. The Morgan fingerprint density at radius 2 is 1.96 bits per heavy atom. The molecule has 0 radical (unpaired) electrons. The van der Waals surface area contributed by atoms with Crippen molar-refractivity contribution in [2.75, 3.05) is 7.05 Å². The van der Waals surface area contributed by atoms with Gasteiger partial charge in [0.25, 0.3) is 17.4 Å². The quantitative estimate of drug-likeness (QED) is 0.602. The minimum Gasteiger partial charge on any atom is -0.478 e. The number of aromatic nitrogens is 1. The van der Waals surface area contributed by atoms with E-state index < -0.39 is 17.4 Å². The first kappa shape index (κ1) is 18.4. The molecule has 1 aliphatic rings. The van der Waals surface area contributed by atoms with Crippen molar-refractivity contribution in [3.05, 3.63) is 68.6 Å². The highest BCUT2D eigenvalue weighted by atomic mass is 16.4. The van der Waals surface area contributed by atoms with E-state index in [1.165, 1.54) is 25.4 Å². The van der Waals surface area contributed by atoms with Crippen molar-refractivity contribution in [2.45, 2.75) is 25.3 Å². The van der Waals surface area contributed by atoms with Gasteiger partial charge in [-0.15, -0.1) is 0 Å². The van der Waals surface area contributed by atoms with E-state index in [1.807, 2.05) is 0 Å². The van der Waals surface area contributed by atoms with Crippen molar-refractivity contribution < 1.29 is 19.5 Å². The number of carbonyl (C=O) groups is 3. The lowest BCUT2D eigenvalue weighted by Crippen LogP contribution is -2.33. The van der Waals surface area contributed by atoms with Crippen molar-refractivity contribution in [3.63, 3.8) is 0 Å². The first-order chi connectivity index (χ1) is 12.9. The maximum Gasteiger partial charge on any atom is 0.335 e. The Morgan fingerprint density at radius 3 is 2.59 bits per heavy atom. The predicted octanol–water partition coefficient (Wildman–Crippen LogP) is 0.916. The summed E-state index contributed by atoms with van der Waals surface area (Å²) in [5.74, 6) is -2.06. The van der Waals surface area contributed by atoms with Crippen LogP contribution in [0, 0.1) is 0 Å². The normalized spacial score (nSPS) is 13.1. The molecule has 3 rings (SSSR count). The van der Waals surface area contributed by atoms with Crippen LogP contribution in [0.25, 0.3) is 0 Å². The molecule has 1 aliphatic carbocycles. The number of nitrogens with one attached hydrogen (secondary N) is 3. The summed E-state index contributed by atoms with van der Waals surface area (Å²) in [6.07, 6.45) is 3.16. The van der Waals surface area contributed by atoms with Gasteiger partial charge < -0.3 is 20.7 Å². The molecule has 0 saturated heterocycles. The van der Waals surface area contributed by atoms with E-state index in [-0.39, 0.29) is 40.6 Å². The van der Waals surface area contributed by atoms with Crippen molar-refractivity contribution >= 4 is 17.8 Å². The SMILES string of the molecule is CNC(=O)c1c(Cc2cccc(C(=O)O)c2)c(C(=O)NC2CC2)c[nH]c1=O. The number of aromatic carboxylic acids is 1. The molecule has 2 aromatic rings. The average Bonchev–Trinajstić information content (AvgIpc) is 3.45. The van der Waals surface area contributed by atoms with E-state index in [4.69, 9.17) is 5.11 Å². The van der Waals surface area contributed by atoms with Crippen LogP contribution in [-0.4, -0.2) is 41.0 Å². The number of carboxylic acids is 1. The number of hydrogen-bond donors (Lipinski definition) is 4. The Balaban J connectivity index is 2.09. The third-order valence-corrected chi connectivity index (χ3v) is 4.37. The molecule has 1 aromatic carbocycles. The van der Waals surface area contributed by atoms with Gasteiger partial charge in [0.15, 0.2) is 0 Å². The zero-order chi connectivity index (χ0) is 19.6. The molecule has 0 atom stereocenters. The molecule has 4 N–H and O–H groups in total. The molecule has 27 heavy (non-hydrogen) atoms. The summed E-state index contributed by atoms with van der Waals surface area (Å²) in [4.78, 5) is 50.8. The predicted molar refractivity (Wildman–Crippen MR) is 97.1 cm³/mol. The molecule has 140 valence electrons. The first-order valence-corrected chi connectivity index (χ1v) is 8.50. The van der Waals surface area contributed by atoms with Crippen LogP contribution in [-0.2, 0) is 6.42 Å². The van der Waals surface area contributed by atoms with Crippen LogP contribution in [0.4, 0.5) is 0 Å². The van der Waals surface area contributed by atoms with Crippen molar-refractivity contribution in [1.82, 2.24) is 15.6 Å². The smallest absolute Gasteiger partial charge is 0.335 e. The van der Waals surface area contributed by atoms with E-state index in [0.717, 1.165) is 12.8 Å². The van der Waals surface area contributed by atoms with Gasteiger partial charge in [0.1, 0.15) is 5.56 Å². The molecule has 1 heterocycles. The molecule has 1 saturated carbocycles. The molecule has 0 unspecified atom stereocenters. The van der Waals surface area contributed by atoms with Crippen molar-refractivity contribution in [2.24, 2.45) is 0 Å². The topological polar surface area (TPSA) is 128 Å². The van der Waals surface area contributed by atoms with Gasteiger partial charge in [-0.05, 0) is 42.5 Å². The molecule has 0 bridgehead atoms. The third-order valence-electron chi connectivity index (χ3n) is 4.37. The number of benzene rings is 1. The van der Waals surface area contributed by atoms with E-state index >= 15 is 0 Å². The summed E-state index contributed by atoms with van der Waals surface area (Å²) in [6, 6.07) is 6.28. The number of rotatable bonds is 6.